The van der Waals surface area contributed by atoms with E-state index in [9.17, 15) is 34.9 Å². The lowest BCUT2D eigenvalue weighted by atomic mass is 10.1. The number of hydrogen-bond acceptors (Lipinski definition) is 8. The van der Waals surface area contributed by atoms with Crippen molar-refractivity contribution in [2.45, 2.75) is 19.3 Å². The number of aromatic amines is 2. The van der Waals surface area contributed by atoms with Gasteiger partial charge in [-0.15, -0.1) is 0 Å². The molecule has 0 amide bonds. The summed E-state index contributed by atoms with van der Waals surface area (Å²) in [6, 6.07) is 3.42. The maximum atomic E-state index is 11.4. The van der Waals surface area contributed by atoms with Crippen LogP contribution in [0, 0.1) is 20.2 Å². The van der Waals surface area contributed by atoms with Crippen molar-refractivity contribution in [2.24, 2.45) is 0 Å². The van der Waals surface area contributed by atoms with Crippen LogP contribution in [0.1, 0.15) is 30.5 Å². The molecule has 12 nitrogen and oxygen atoms in total. The second-order valence-corrected chi connectivity index (χ2v) is 6.08. The van der Waals surface area contributed by atoms with E-state index in [1.54, 1.807) is 4.98 Å². The van der Waals surface area contributed by atoms with Crippen LogP contribution in [0.4, 0.5) is 11.4 Å². The van der Waals surface area contributed by atoms with E-state index in [4.69, 9.17) is 0 Å². The zero-order valence-electron chi connectivity index (χ0n) is 15.2. The van der Waals surface area contributed by atoms with E-state index in [0.717, 1.165) is 18.2 Å². The zero-order valence-corrected chi connectivity index (χ0v) is 15.2. The summed E-state index contributed by atoms with van der Waals surface area (Å²) in [4.78, 5) is 46.3. The fraction of sp³-hybridized carbons (Fsp3) is 0.294. The van der Waals surface area contributed by atoms with Gasteiger partial charge in [0, 0.05) is 6.07 Å². The van der Waals surface area contributed by atoms with Gasteiger partial charge in [-0.25, -0.2) is 4.79 Å². The monoisotopic (exact) mass is 405 g/mol. The molecule has 0 bridgehead atoms. The number of aromatic nitrogens is 2. The topological polar surface area (TPSA) is 184 Å². The summed E-state index contributed by atoms with van der Waals surface area (Å²) in [6.07, 6.45) is 6.49. The molecule has 0 radical (unpaired) electrons. The predicted molar refractivity (Wildman–Crippen MR) is 105 cm³/mol. The lowest BCUT2D eigenvalue weighted by molar-refractivity contribution is -0.386. The number of nitrogens with one attached hydrogen (secondary N) is 3. The normalized spacial score (nSPS) is 13.5. The largest absolute Gasteiger partial charge is 0.502 e. The van der Waals surface area contributed by atoms with Gasteiger partial charge in [0.2, 0.25) is 0 Å². The van der Waals surface area contributed by atoms with Crippen LogP contribution in [0.15, 0.2) is 27.8 Å². The number of hydrogen-bond donors (Lipinski definition) is 4. The molecule has 0 atom stereocenters. The molecule has 29 heavy (non-hydrogen) atoms. The summed E-state index contributed by atoms with van der Waals surface area (Å²) in [5.41, 5.74) is -3.66. The molecule has 1 aliphatic rings. The third-order valence-corrected chi connectivity index (χ3v) is 3.97. The van der Waals surface area contributed by atoms with Crippen LogP contribution in [0.5, 0.6) is 5.75 Å². The fourth-order valence-corrected chi connectivity index (χ4v) is 2.57. The Kier molecular flexibility index (Phi) is 7.37. The van der Waals surface area contributed by atoms with E-state index in [2.05, 4.69) is 10.3 Å². The van der Waals surface area contributed by atoms with Gasteiger partial charge < -0.3 is 15.4 Å². The molecule has 0 spiro atoms. The Morgan fingerprint density at radius 2 is 1.66 bits per heavy atom. The summed E-state index contributed by atoms with van der Waals surface area (Å²) >= 11 is 0. The van der Waals surface area contributed by atoms with E-state index in [1.807, 2.05) is 0 Å². The molecule has 12 heteroatoms. The van der Waals surface area contributed by atoms with E-state index in [0.29, 0.717) is 0 Å². The molecule has 2 aromatic rings. The first-order valence-electron chi connectivity index (χ1n) is 8.67. The number of nitro groups is 2. The van der Waals surface area contributed by atoms with Crippen LogP contribution in [0.2, 0.25) is 0 Å². The molecule has 2 heterocycles. The fourth-order valence-electron chi connectivity index (χ4n) is 2.57. The smallest absolute Gasteiger partial charge is 0.357 e. The number of rotatable bonds is 4. The second kappa shape index (κ2) is 9.94. The average Bonchev–Trinajstić information content (AvgIpc) is 2.68. The summed E-state index contributed by atoms with van der Waals surface area (Å²) in [7, 11) is 0. The molecule has 3 rings (SSSR count). The van der Waals surface area contributed by atoms with Crippen molar-refractivity contribution in [2.75, 3.05) is 13.1 Å². The maximum Gasteiger partial charge on any atom is 0.357 e. The summed E-state index contributed by atoms with van der Waals surface area (Å²) < 4.78 is 0. The van der Waals surface area contributed by atoms with E-state index >= 15 is 0 Å². The number of nitrogens with zero attached hydrogens (tertiary/aromatic N) is 2. The Hall–Kier alpha value is -3.80. The van der Waals surface area contributed by atoms with Crippen molar-refractivity contribution < 1.29 is 15.0 Å². The SMILES string of the molecule is C1CCNCC1.O=c1[nH]c(/C=C/c2ccc(O)c([N+](=O)[O-])c2)c([N+](=O)[O-])c(=O)[nH]1. The van der Waals surface area contributed by atoms with Gasteiger partial charge in [-0.05, 0) is 43.6 Å². The molecular weight excluding hydrogens is 386 g/mol. The number of phenolic OH excluding ortho intramolecular Hbond substituents is 1. The van der Waals surface area contributed by atoms with Gasteiger partial charge in [0.05, 0.1) is 9.85 Å². The maximum absolute atomic E-state index is 11.4. The van der Waals surface area contributed by atoms with Gasteiger partial charge in [0.15, 0.2) is 5.75 Å². The van der Waals surface area contributed by atoms with Crippen LogP contribution in [0.25, 0.3) is 12.2 Å². The Morgan fingerprint density at radius 1 is 0.966 bits per heavy atom. The zero-order chi connectivity index (χ0) is 21.4. The summed E-state index contributed by atoms with van der Waals surface area (Å²) in [6.45, 7) is 2.50. The minimum atomic E-state index is -1.17. The third kappa shape index (κ3) is 6.10. The first-order valence-corrected chi connectivity index (χ1v) is 8.67. The highest BCUT2D eigenvalue weighted by Gasteiger charge is 2.19. The summed E-state index contributed by atoms with van der Waals surface area (Å²) in [5.74, 6) is -0.539. The van der Waals surface area contributed by atoms with E-state index in [1.165, 1.54) is 44.5 Å². The molecule has 0 aliphatic carbocycles. The molecule has 1 saturated heterocycles. The Bertz CT molecular complexity index is 1030. The Morgan fingerprint density at radius 3 is 2.17 bits per heavy atom. The highest BCUT2D eigenvalue weighted by Crippen LogP contribution is 2.27. The average molecular weight is 405 g/mol. The molecule has 154 valence electrons. The van der Waals surface area contributed by atoms with Gasteiger partial charge in [0.25, 0.3) is 0 Å². The van der Waals surface area contributed by atoms with Gasteiger partial charge in [-0.1, -0.05) is 18.6 Å². The number of nitro benzene ring substituents is 1. The molecular formula is C17H19N5O7. The van der Waals surface area contributed by atoms with Crippen LogP contribution in [0.3, 0.4) is 0 Å². The Balaban J connectivity index is 0.000000426. The number of phenols is 1. The van der Waals surface area contributed by atoms with Crippen LogP contribution >= 0.6 is 0 Å². The second-order valence-electron chi connectivity index (χ2n) is 6.08. The van der Waals surface area contributed by atoms with E-state index < -0.39 is 38.2 Å². The molecule has 4 N–H and O–H groups in total. The predicted octanol–water partition coefficient (Wildman–Crippen LogP) is 1.52. The van der Waals surface area contributed by atoms with Gasteiger partial charge >= 0.3 is 22.6 Å². The molecule has 0 saturated carbocycles. The molecule has 1 aliphatic heterocycles. The van der Waals surface area contributed by atoms with Crippen molar-refractivity contribution in [3.8, 4) is 5.75 Å². The molecule has 1 fully saturated rings. The number of aromatic hydroxyl groups is 1. The minimum Gasteiger partial charge on any atom is -0.502 e. The van der Waals surface area contributed by atoms with Gasteiger partial charge in [-0.3, -0.25) is 30.0 Å². The first-order chi connectivity index (χ1) is 13.8. The number of piperidine rings is 1. The van der Waals surface area contributed by atoms with Crippen molar-refractivity contribution in [1.29, 1.82) is 0 Å². The van der Waals surface area contributed by atoms with Gasteiger partial charge in [0.1, 0.15) is 5.69 Å². The number of benzene rings is 1. The van der Waals surface area contributed by atoms with Crippen molar-refractivity contribution in [3.05, 3.63) is 70.5 Å². The molecule has 1 aromatic heterocycles. The lowest BCUT2D eigenvalue weighted by Gasteiger charge is -2.08. The standard InChI is InChI=1S/C12H8N4O7.C5H11N/c17-9-4-2-6(5-8(9)15(20)21)1-3-7-10(16(22)23)11(18)14-12(19)13-7;1-2-4-6-5-3-1/h1-5,17H,(H2,13,14,18,19);6H,1-5H2/b3-1+;. The quantitative estimate of drug-likeness (QED) is 0.435. The van der Waals surface area contributed by atoms with Crippen molar-refractivity contribution in [3.63, 3.8) is 0 Å². The lowest BCUT2D eigenvalue weighted by Crippen LogP contribution is -2.25. The summed E-state index contributed by atoms with van der Waals surface area (Å²) in [5, 5.41) is 34.2. The highest BCUT2D eigenvalue weighted by molar-refractivity contribution is 5.73. The van der Waals surface area contributed by atoms with Crippen LogP contribution < -0.4 is 16.6 Å². The third-order valence-electron chi connectivity index (χ3n) is 3.97. The molecule has 1 aromatic carbocycles. The first kappa shape index (κ1) is 21.5. The van der Waals surface area contributed by atoms with Crippen LogP contribution in [-0.4, -0.2) is 38.0 Å². The number of H-pyrrole nitrogens is 2. The minimum absolute atomic E-state index is 0.227. The van der Waals surface area contributed by atoms with E-state index in [-0.39, 0.29) is 11.3 Å². The van der Waals surface area contributed by atoms with Crippen LogP contribution in [-0.2, 0) is 0 Å². The van der Waals surface area contributed by atoms with Crippen molar-refractivity contribution in [1.82, 2.24) is 15.3 Å². The van der Waals surface area contributed by atoms with Gasteiger partial charge in [-0.2, -0.15) is 0 Å². The Labute approximate surface area is 163 Å². The molecule has 0 unspecified atom stereocenters. The highest BCUT2D eigenvalue weighted by atomic mass is 16.6. The van der Waals surface area contributed by atoms with Crippen molar-refractivity contribution >= 4 is 23.5 Å².